The largest absolute Gasteiger partial charge is 0.392 e. The fourth-order valence-corrected chi connectivity index (χ4v) is 2.15. The first-order valence-electron chi connectivity index (χ1n) is 5.65. The van der Waals surface area contributed by atoms with E-state index in [1.165, 1.54) is 6.92 Å². The number of hydrogen-bond acceptors (Lipinski definition) is 5. The maximum absolute atomic E-state index is 10.8. The molecular weight excluding hydrogens is 252 g/mol. The second kappa shape index (κ2) is 6.89. The van der Waals surface area contributed by atoms with Gasteiger partial charge in [-0.25, -0.2) is 0 Å². The van der Waals surface area contributed by atoms with Gasteiger partial charge in [-0.05, 0) is 23.6 Å². The van der Waals surface area contributed by atoms with Gasteiger partial charge in [-0.2, -0.15) is 0 Å². The number of carbonyl (C=O) groups excluding carboxylic acids is 1. The molecule has 0 heterocycles. The van der Waals surface area contributed by atoms with Crippen molar-refractivity contribution in [3.05, 3.63) is 34.9 Å². The van der Waals surface area contributed by atoms with Crippen molar-refractivity contribution in [2.24, 2.45) is 0 Å². The highest BCUT2D eigenvalue weighted by Gasteiger charge is 2.19. The highest BCUT2D eigenvalue weighted by molar-refractivity contribution is 8.13. The molecule has 0 aliphatic rings. The molecule has 2 atom stereocenters. The van der Waals surface area contributed by atoms with E-state index < -0.39 is 12.2 Å². The lowest BCUT2D eigenvalue weighted by Crippen LogP contribution is -2.21. The maximum atomic E-state index is 10.8. The van der Waals surface area contributed by atoms with Crippen LogP contribution in [0.3, 0.4) is 0 Å². The standard InChI is InChI=1S/C13H18O4S/c1-8-3-4-10(5-11(8)6-14)13(17)12(16)7-18-9(2)15/h3-5,12-14,16-17H,6-7H2,1-2H3. The van der Waals surface area contributed by atoms with Gasteiger partial charge in [-0.15, -0.1) is 0 Å². The third-order valence-corrected chi connectivity index (χ3v) is 3.62. The summed E-state index contributed by atoms with van der Waals surface area (Å²) in [6, 6.07) is 5.16. The molecule has 2 unspecified atom stereocenters. The first kappa shape index (κ1) is 15.2. The number of aliphatic hydroxyl groups is 3. The topological polar surface area (TPSA) is 77.8 Å². The molecule has 0 saturated carbocycles. The lowest BCUT2D eigenvalue weighted by molar-refractivity contribution is -0.109. The van der Waals surface area contributed by atoms with Crippen molar-refractivity contribution in [2.45, 2.75) is 32.7 Å². The van der Waals surface area contributed by atoms with Gasteiger partial charge in [0.15, 0.2) is 5.12 Å². The van der Waals surface area contributed by atoms with Gasteiger partial charge in [0.05, 0.1) is 12.7 Å². The average Bonchev–Trinajstić information content (AvgIpc) is 2.35. The molecule has 18 heavy (non-hydrogen) atoms. The van der Waals surface area contributed by atoms with Crippen LogP contribution in [0.1, 0.15) is 29.7 Å². The highest BCUT2D eigenvalue weighted by atomic mass is 32.2. The van der Waals surface area contributed by atoms with Crippen molar-refractivity contribution in [1.82, 2.24) is 0 Å². The molecule has 0 saturated heterocycles. The van der Waals surface area contributed by atoms with E-state index in [1.54, 1.807) is 18.2 Å². The van der Waals surface area contributed by atoms with E-state index in [0.29, 0.717) is 5.56 Å². The van der Waals surface area contributed by atoms with Gasteiger partial charge < -0.3 is 15.3 Å². The average molecular weight is 270 g/mol. The van der Waals surface area contributed by atoms with Crippen LogP contribution in [-0.2, 0) is 11.4 Å². The van der Waals surface area contributed by atoms with Crippen LogP contribution >= 0.6 is 11.8 Å². The third-order valence-electron chi connectivity index (χ3n) is 2.71. The Labute approximate surface area is 111 Å². The van der Waals surface area contributed by atoms with Crippen molar-refractivity contribution in [3.63, 3.8) is 0 Å². The first-order valence-corrected chi connectivity index (χ1v) is 6.64. The summed E-state index contributed by atoms with van der Waals surface area (Å²) in [5.74, 6) is 0.152. The van der Waals surface area contributed by atoms with Gasteiger partial charge >= 0.3 is 0 Å². The van der Waals surface area contributed by atoms with Gasteiger partial charge in [0.25, 0.3) is 0 Å². The van der Waals surface area contributed by atoms with E-state index in [-0.39, 0.29) is 17.5 Å². The number of aliphatic hydroxyl groups excluding tert-OH is 3. The van der Waals surface area contributed by atoms with Crippen LogP contribution in [0.4, 0.5) is 0 Å². The number of thioether (sulfide) groups is 1. The number of hydrogen-bond donors (Lipinski definition) is 3. The molecule has 0 radical (unpaired) electrons. The summed E-state index contributed by atoms with van der Waals surface area (Å²) in [6.45, 7) is 3.17. The smallest absolute Gasteiger partial charge is 0.185 e. The molecule has 3 N–H and O–H groups in total. The summed E-state index contributed by atoms with van der Waals surface area (Å²) in [6.07, 6.45) is -2.06. The molecule has 1 aromatic rings. The zero-order valence-electron chi connectivity index (χ0n) is 10.5. The minimum absolute atomic E-state index is 0.0961. The zero-order chi connectivity index (χ0) is 13.7. The first-order chi connectivity index (χ1) is 8.45. The van der Waals surface area contributed by atoms with E-state index in [9.17, 15) is 15.0 Å². The second-order valence-electron chi connectivity index (χ2n) is 4.16. The van der Waals surface area contributed by atoms with E-state index >= 15 is 0 Å². The van der Waals surface area contributed by atoms with Gasteiger partial charge in [-0.1, -0.05) is 30.0 Å². The molecule has 1 rings (SSSR count). The molecule has 5 heteroatoms. The Bertz CT molecular complexity index is 419. The Morgan fingerprint density at radius 2 is 2.06 bits per heavy atom. The van der Waals surface area contributed by atoms with Crippen molar-refractivity contribution in [3.8, 4) is 0 Å². The molecular formula is C13H18O4S. The molecule has 0 spiro atoms. The van der Waals surface area contributed by atoms with E-state index in [0.717, 1.165) is 22.9 Å². The fourth-order valence-electron chi connectivity index (χ4n) is 1.56. The van der Waals surface area contributed by atoms with Gasteiger partial charge in [0.1, 0.15) is 6.10 Å². The Balaban J connectivity index is 2.76. The molecule has 0 amide bonds. The molecule has 0 aromatic heterocycles. The lowest BCUT2D eigenvalue weighted by atomic mass is 10.00. The number of carbonyl (C=O) groups is 1. The fraction of sp³-hybridized carbons (Fsp3) is 0.462. The van der Waals surface area contributed by atoms with Gasteiger partial charge in [0, 0.05) is 12.7 Å². The Morgan fingerprint density at radius 1 is 1.39 bits per heavy atom. The molecule has 0 aliphatic heterocycles. The summed E-state index contributed by atoms with van der Waals surface area (Å²) < 4.78 is 0. The van der Waals surface area contributed by atoms with E-state index in [2.05, 4.69) is 0 Å². The molecule has 0 bridgehead atoms. The van der Waals surface area contributed by atoms with Crippen molar-refractivity contribution in [1.29, 1.82) is 0 Å². The highest BCUT2D eigenvalue weighted by Crippen LogP contribution is 2.22. The molecule has 4 nitrogen and oxygen atoms in total. The van der Waals surface area contributed by atoms with Gasteiger partial charge in [-0.3, -0.25) is 4.79 Å². The summed E-state index contributed by atoms with van der Waals surface area (Å²) in [4.78, 5) is 10.8. The molecule has 1 aromatic carbocycles. The van der Waals surface area contributed by atoms with Crippen LogP contribution in [-0.4, -0.2) is 32.3 Å². The summed E-state index contributed by atoms with van der Waals surface area (Å²) in [5, 5.41) is 28.8. The zero-order valence-corrected chi connectivity index (χ0v) is 11.3. The molecule has 0 fully saturated rings. The number of aryl methyl sites for hydroxylation is 1. The molecule has 100 valence electrons. The Morgan fingerprint density at radius 3 is 2.61 bits per heavy atom. The minimum atomic E-state index is -1.05. The van der Waals surface area contributed by atoms with E-state index in [4.69, 9.17) is 5.11 Å². The minimum Gasteiger partial charge on any atom is -0.392 e. The van der Waals surface area contributed by atoms with Crippen LogP contribution < -0.4 is 0 Å². The van der Waals surface area contributed by atoms with Crippen LogP contribution in [0.5, 0.6) is 0 Å². The van der Waals surface area contributed by atoms with Crippen LogP contribution in [0.2, 0.25) is 0 Å². The number of benzene rings is 1. The van der Waals surface area contributed by atoms with Crippen LogP contribution in [0, 0.1) is 6.92 Å². The van der Waals surface area contributed by atoms with Gasteiger partial charge in [0.2, 0.25) is 0 Å². The SMILES string of the molecule is CC(=O)SCC(O)C(O)c1ccc(C)c(CO)c1. The van der Waals surface area contributed by atoms with Crippen LogP contribution in [0.25, 0.3) is 0 Å². The van der Waals surface area contributed by atoms with Crippen molar-refractivity contribution in [2.75, 3.05) is 5.75 Å². The van der Waals surface area contributed by atoms with Crippen molar-refractivity contribution >= 4 is 16.9 Å². The normalized spacial score (nSPS) is 14.3. The number of rotatable bonds is 5. The maximum Gasteiger partial charge on any atom is 0.185 e. The predicted molar refractivity (Wildman–Crippen MR) is 71.2 cm³/mol. The van der Waals surface area contributed by atoms with Crippen molar-refractivity contribution < 1.29 is 20.1 Å². The summed E-state index contributed by atoms with van der Waals surface area (Å²) >= 11 is 0.977. The summed E-state index contributed by atoms with van der Waals surface area (Å²) in [7, 11) is 0. The van der Waals surface area contributed by atoms with Crippen LogP contribution in [0.15, 0.2) is 18.2 Å². The predicted octanol–water partition coefficient (Wildman–Crippen LogP) is 1.16. The quantitative estimate of drug-likeness (QED) is 0.748. The van der Waals surface area contributed by atoms with E-state index in [1.807, 2.05) is 6.92 Å². The lowest BCUT2D eigenvalue weighted by Gasteiger charge is -2.18. The monoisotopic (exact) mass is 270 g/mol. The second-order valence-corrected chi connectivity index (χ2v) is 5.36. The Hall–Kier alpha value is -0.880. The third kappa shape index (κ3) is 4.10. The summed E-state index contributed by atoms with van der Waals surface area (Å²) in [5.41, 5.74) is 2.19. The molecule has 0 aliphatic carbocycles. The Kier molecular flexibility index (Phi) is 5.81.